The molecule has 0 saturated carbocycles. The third kappa shape index (κ3) is 2.11. The monoisotopic (exact) mass is 318 g/mol. The Morgan fingerprint density at radius 2 is 1.94 bits per heavy atom. The maximum absolute atomic E-state index is 6.22. The van der Waals surface area contributed by atoms with E-state index in [1.165, 1.54) is 0 Å². The van der Waals surface area contributed by atoms with Gasteiger partial charge in [-0.1, -0.05) is 39.7 Å². The van der Waals surface area contributed by atoms with Gasteiger partial charge in [-0.05, 0) is 35.9 Å². The molecule has 0 spiro atoms. The molecule has 0 unspecified atom stereocenters. The number of fused-ring (bicyclic) bond motifs is 1. The van der Waals surface area contributed by atoms with Crippen LogP contribution in [0.4, 0.5) is 0 Å². The van der Waals surface area contributed by atoms with Crippen LogP contribution < -0.4 is 0 Å². The highest BCUT2D eigenvalue weighted by Gasteiger charge is 2.07. The first-order valence-corrected chi connectivity index (χ1v) is 6.58. The average molecular weight is 320 g/mol. The molecule has 2 heterocycles. The molecule has 0 saturated heterocycles. The maximum atomic E-state index is 6.22. The lowest BCUT2D eigenvalue weighted by atomic mass is 10.1. The van der Waals surface area contributed by atoms with E-state index >= 15 is 0 Å². The van der Waals surface area contributed by atoms with Gasteiger partial charge in [-0.15, -0.1) is 0 Å². The highest BCUT2D eigenvalue weighted by Crippen LogP contribution is 2.30. The smallest absolute Gasteiger partial charge is 0.160 e. The first kappa shape index (κ1) is 11.6. The Hall–Kier alpha value is -1.45. The predicted octanol–water partition coefficient (Wildman–Crippen LogP) is 4.71. The predicted molar refractivity (Wildman–Crippen MR) is 77.7 cm³/mol. The molecule has 88 valence electrons. The highest BCUT2D eigenvalue weighted by molar-refractivity contribution is 9.10. The summed E-state index contributed by atoms with van der Waals surface area (Å²) in [5.74, 6) is 0. The van der Waals surface area contributed by atoms with E-state index in [9.17, 15) is 0 Å². The molecule has 4 heteroatoms. The Bertz CT molecular complexity index is 728. The molecule has 3 aromatic rings. The van der Waals surface area contributed by atoms with Crippen LogP contribution in [0.1, 0.15) is 0 Å². The lowest BCUT2D eigenvalue weighted by molar-refractivity contribution is 1.29. The summed E-state index contributed by atoms with van der Waals surface area (Å²) in [7, 11) is 0. The average Bonchev–Trinajstić information content (AvgIpc) is 2.38. The number of pyridine rings is 2. The van der Waals surface area contributed by atoms with Gasteiger partial charge in [0.2, 0.25) is 0 Å². The summed E-state index contributed by atoms with van der Waals surface area (Å²) >= 11 is 9.68. The minimum Gasteiger partial charge on any atom is -0.237 e. The van der Waals surface area contributed by atoms with E-state index in [-0.39, 0.29) is 0 Å². The SMILES string of the molecule is Clc1nc2ncccc2cc1-c1cccc(Br)c1. The van der Waals surface area contributed by atoms with Crippen molar-refractivity contribution in [2.24, 2.45) is 0 Å². The first-order valence-electron chi connectivity index (χ1n) is 5.41. The van der Waals surface area contributed by atoms with Gasteiger partial charge in [-0.25, -0.2) is 9.97 Å². The Labute approximate surface area is 118 Å². The van der Waals surface area contributed by atoms with E-state index in [0.29, 0.717) is 10.8 Å². The molecule has 0 fully saturated rings. The van der Waals surface area contributed by atoms with Crippen molar-refractivity contribution in [3.05, 3.63) is 58.3 Å². The lowest BCUT2D eigenvalue weighted by Crippen LogP contribution is -1.88. The van der Waals surface area contributed by atoms with Crippen LogP contribution in [0.2, 0.25) is 5.15 Å². The molecule has 0 radical (unpaired) electrons. The second-order valence-corrected chi connectivity index (χ2v) is 5.16. The number of hydrogen-bond donors (Lipinski definition) is 0. The van der Waals surface area contributed by atoms with Gasteiger partial charge in [-0.3, -0.25) is 0 Å². The Morgan fingerprint density at radius 3 is 2.78 bits per heavy atom. The van der Waals surface area contributed by atoms with Crippen molar-refractivity contribution in [3.63, 3.8) is 0 Å². The van der Waals surface area contributed by atoms with Gasteiger partial charge >= 0.3 is 0 Å². The first-order chi connectivity index (χ1) is 8.74. The third-order valence-electron chi connectivity index (χ3n) is 2.68. The summed E-state index contributed by atoms with van der Waals surface area (Å²) in [5.41, 5.74) is 2.62. The van der Waals surface area contributed by atoms with E-state index in [4.69, 9.17) is 11.6 Å². The van der Waals surface area contributed by atoms with E-state index in [1.807, 2.05) is 42.5 Å². The summed E-state index contributed by atoms with van der Waals surface area (Å²) in [5, 5.41) is 1.45. The zero-order valence-electron chi connectivity index (χ0n) is 9.27. The Balaban J connectivity index is 2.26. The zero-order valence-corrected chi connectivity index (χ0v) is 11.6. The van der Waals surface area contributed by atoms with Crippen LogP contribution in [0.15, 0.2) is 53.1 Å². The highest BCUT2D eigenvalue weighted by atomic mass is 79.9. The van der Waals surface area contributed by atoms with Crippen molar-refractivity contribution >= 4 is 38.6 Å². The van der Waals surface area contributed by atoms with Gasteiger partial charge in [0.25, 0.3) is 0 Å². The third-order valence-corrected chi connectivity index (χ3v) is 3.46. The van der Waals surface area contributed by atoms with Crippen molar-refractivity contribution < 1.29 is 0 Å². The number of benzene rings is 1. The standard InChI is InChI=1S/C14H8BrClN2/c15-11-5-1-3-9(7-11)12-8-10-4-2-6-17-14(10)18-13(12)16/h1-8H. The van der Waals surface area contributed by atoms with Crippen LogP contribution in [0.25, 0.3) is 22.2 Å². The van der Waals surface area contributed by atoms with E-state index in [0.717, 1.165) is 21.0 Å². The number of hydrogen-bond acceptors (Lipinski definition) is 2. The second kappa shape index (κ2) is 4.67. The van der Waals surface area contributed by atoms with Crippen molar-refractivity contribution in [3.8, 4) is 11.1 Å². The van der Waals surface area contributed by atoms with Gasteiger partial charge in [0.05, 0.1) is 0 Å². The van der Waals surface area contributed by atoms with E-state index in [2.05, 4.69) is 25.9 Å². The fourth-order valence-corrected chi connectivity index (χ4v) is 2.49. The number of nitrogens with zero attached hydrogens (tertiary/aromatic N) is 2. The summed E-state index contributed by atoms with van der Waals surface area (Å²) in [4.78, 5) is 8.51. The van der Waals surface area contributed by atoms with Gasteiger partial charge in [-0.2, -0.15) is 0 Å². The minimum absolute atomic E-state index is 0.472. The van der Waals surface area contributed by atoms with Crippen LogP contribution in [0, 0.1) is 0 Å². The van der Waals surface area contributed by atoms with Crippen molar-refractivity contribution in [2.75, 3.05) is 0 Å². The van der Waals surface area contributed by atoms with Crippen LogP contribution in [-0.4, -0.2) is 9.97 Å². The molecule has 0 bridgehead atoms. The molecule has 0 aliphatic rings. The molecule has 0 atom stereocenters. The van der Waals surface area contributed by atoms with Gasteiger partial charge in [0.15, 0.2) is 5.65 Å². The largest absolute Gasteiger partial charge is 0.237 e. The van der Waals surface area contributed by atoms with Gasteiger partial charge < -0.3 is 0 Å². The van der Waals surface area contributed by atoms with Gasteiger partial charge in [0, 0.05) is 21.6 Å². The lowest BCUT2D eigenvalue weighted by Gasteiger charge is -2.06. The molecule has 1 aromatic carbocycles. The molecule has 0 aliphatic heterocycles. The summed E-state index contributed by atoms with van der Waals surface area (Å²) in [6, 6.07) is 13.9. The van der Waals surface area contributed by atoms with Gasteiger partial charge in [0.1, 0.15) is 5.15 Å². The fraction of sp³-hybridized carbons (Fsp3) is 0. The maximum Gasteiger partial charge on any atom is 0.160 e. The molecule has 3 rings (SSSR count). The second-order valence-electron chi connectivity index (χ2n) is 3.89. The van der Waals surface area contributed by atoms with E-state index in [1.54, 1.807) is 6.20 Å². The molecule has 18 heavy (non-hydrogen) atoms. The quantitative estimate of drug-likeness (QED) is 0.607. The number of rotatable bonds is 1. The summed E-state index contributed by atoms with van der Waals surface area (Å²) < 4.78 is 1.02. The van der Waals surface area contributed by atoms with Crippen LogP contribution in [-0.2, 0) is 0 Å². The topological polar surface area (TPSA) is 25.8 Å². The van der Waals surface area contributed by atoms with Crippen molar-refractivity contribution in [2.45, 2.75) is 0 Å². The molecule has 0 amide bonds. The van der Waals surface area contributed by atoms with E-state index < -0.39 is 0 Å². The molecule has 0 N–H and O–H groups in total. The Kier molecular flexibility index (Phi) is 3.02. The minimum atomic E-state index is 0.472. The molecule has 2 nitrogen and oxygen atoms in total. The normalized spacial score (nSPS) is 10.8. The van der Waals surface area contributed by atoms with Crippen LogP contribution >= 0.6 is 27.5 Å². The number of aromatic nitrogens is 2. The molecule has 0 aliphatic carbocycles. The molecular weight excluding hydrogens is 312 g/mol. The number of halogens is 2. The van der Waals surface area contributed by atoms with Crippen molar-refractivity contribution in [1.82, 2.24) is 9.97 Å². The van der Waals surface area contributed by atoms with Crippen LogP contribution in [0.5, 0.6) is 0 Å². The van der Waals surface area contributed by atoms with Crippen molar-refractivity contribution in [1.29, 1.82) is 0 Å². The summed E-state index contributed by atoms with van der Waals surface area (Å²) in [6.07, 6.45) is 1.71. The van der Waals surface area contributed by atoms with Crippen LogP contribution in [0.3, 0.4) is 0 Å². The molecular formula is C14H8BrClN2. The summed E-state index contributed by atoms with van der Waals surface area (Å²) in [6.45, 7) is 0. The Morgan fingerprint density at radius 1 is 1.06 bits per heavy atom. The zero-order chi connectivity index (χ0) is 12.5. The molecule has 2 aromatic heterocycles. The fourth-order valence-electron chi connectivity index (χ4n) is 1.84.